The van der Waals surface area contributed by atoms with Crippen molar-refractivity contribution in [2.24, 2.45) is 5.92 Å². The van der Waals surface area contributed by atoms with Crippen molar-refractivity contribution in [1.82, 2.24) is 9.80 Å². The number of amides is 2. The summed E-state index contributed by atoms with van der Waals surface area (Å²) in [6.45, 7) is 1.72. The number of aliphatic hydroxyl groups is 1. The van der Waals surface area contributed by atoms with Gasteiger partial charge in [-0.1, -0.05) is 6.07 Å². The van der Waals surface area contributed by atoms with Gasteiger partial charge in [-0.05, 0) is 36.5 Å². The number of hydrogen-bond acceptors (Lipinski definition) is 7. The fourth-order valence-corrected chi connectivity index (χ4v) is 3.91. The molecule has 0 bridgehead atoms. The molecule has 0 spiro atoms. The first-order valence-corrected chi connectivity index (χ1v) is 9.73. The lowest BCUT2D eigenvalue weighted by atomic mass is 9.96. The van der Waals surface area contributed by atoms with Gasteiger partial charge in [-0.3, -0.25) is 14.5 Å². The molecule has 8 nitrogen and oxygen atoms in total. The van der Waals surface area contributed by atoms with E-state index in [1.807, 2.05) is 4.90 Å². The van der Waals surface area contributed by atoms with Crippen LogP contribution in [-0.4, -0.2) is 80.9 Å². The van der Waals surface area contributed by atoms with E-state index in [9.17, 15) is 14.7 Å². The monoisotopic (exact) mass is 404 g/mol. The molecule has 0 radical (unpaired) electrons. The maximum Gasteiger partial charge on any atom is 0.277 e. The first kappa shape index (κ1) is 21.1. The second kappa shape index (κ2) is 9.28. The van der Waals surface area contributed by atoms with Crippen LogP contribution in [0.5, 0.6) is 11.5 Å². The Labute approximate surface area is 170 Å². The van der Waals surface area contributed by atoms with Crippen LogP contribution in [0.2, 0.25) is 0 Å². The molecule has 3 rings (SSSR count). The highest BCUT2D eigenvalue weighted by Crippen LogP contribution is 2.37. The summed E-state index contributed by atoms with van der Waals surface area (Å²) in [5, 5.41) is 9.59. The average Bonchev–Trinajstić information content (AvgIpc) is 3.01. The molecule has 158 valence electrons. The van der Waals surface area contributed by atoms with E-state index < -0.39 is 0 Å². The fourth-order valence-electron chi connectivity index (χ4n) is 3.91. The molecule has 2 amide bonds. The van der Waals surface area contributed by atoms with Crippen molar-refractivity contribution in [3.63, 3.8) is 0 Å². The minimum atomic E-state index is -0.347. The van der Waals surface area contributed by atoms with Gasteiger partial charge in [-0.2, -0.15) is 0 Å². The van der Waals surface area contributed by atoms with Crippen LogP contribution in [0.3, 0.4) is 0 Å². The third kappa shape index (κ3) is 4.09. The SMILES string of the molecule is COCCN1C(=O)C(c2ccc(OC)c(OC)c2)=C(N2CCCC(CO)C2)C1=O. The Hall–Kier alpha value is -2.58. The zero-order valence-corrected chi connectivity index (χ0v) is 17.1. The average molecular weight is 404 g/mol. The zero-order chi connectivity index (χ0) is 21.0. The van der Waals surface area contributed by atoms with Crippen molar-refractivity contribution >= 4 is 17.4 Å². The van der Waals surface area contributed by atoms with E-state index in [-0.39, 0.29) is 37.5 Å². The molecular weight excluding hydrogens is 376 g/mol. The van der Waals surface area contributed by atoms with E-state index in [0.717, 1.165) is 12.8 Å². The Morgan fingerprint density at radius 2 is 1.86 bits per heavy atom. The molecule has 2 heterocycles. The summed E-state index contributed by atoms with van der Waals surface area (Å²) < 4.78 is 15.7. The Kier molecular flexibility index (Phi) is 6.76. The van der Waals surface area contributed by atoms with Crippen molar-refractivity contribution in [1.29, 1.82) is 0 Å². The lowest BCUT2D eigenvalue weighted by Crippen LogP contribution is -2.41. The Balaban J connectivity index is 2.07. The predicted octanol–water partition coefficient (Wildman–Crippen LogP) is 1.13. The molecule has 29 heavy (non-hydrogen) atoms. The maximum atomic E-state index is 13.2. The zero-order valence-electron chi connectivity index (χ0n) is 17.1. The number of methoxy groups -OCH3 is 3. The second-order valence-corrected chi connectivity index (χ2v) is 7.18. The molecule has 2 aliphatic rings. The summed E-state index contributed by atoms with van der Waals surface area (Å²) in [6.07, 6.45) is 1.76. The summed E-state index contributed by atoms with van der Waals surface area (Å²) in [5.41, 5.74) is 1.34. The molecule has 0 aliphatic carbocycles. The second-order valence-electron chi connectivity index (χ2n) is 7.18. The van der Waals surface area contributed by atoms with E-state index >= 15 is 0 Å². The van der Waals surface area contributed by atoms with Crippen molar-refractivity contribution in [2.75, 3.05) is 54.2 Å². The van der Waals surface area contributed by atoms with Gasteiger partial charge in [0, 0.05) is 26.8 Å². The van der Waals surface area contributed by atoms with E-state index in [0.29, 0.717) is 41.4 Å². The first-order chi connectivity index (χ1) is 14.0. The number of imide groups is 1. The topological polar surface area (TPSA) is 88.5 Å². The van der Waals surface area contributed by atoms with E-state index in [4.69, 9.17) is 14.2 Å². The smallest absolute Gasteiger partial charge is 0.277 e. The van der Waals surface area contributed by atoms with E-state index in [1.54, 1.807) is 25.3 Å². The molecule has 1 aromatic rings. The fraction of sp³-hybridized carbons (Fsp3) is 0.524. The highest BCUT2D eigenvalue weighted by molar-refractivity contribution is 6.35. The Bertz CT molecular complexity index is 806. The Morgan fingerprint density at radius 3 is 2.52 bits per heavy atom. The van der Waals surface area contributed by atoms with E-state index in [2.05, 4.69) is 0 Å². The van der Waals surface area contributed by atoms with Gasteiger partial charge in [0.25, 0.3) is 11.8 Å². The van der Waals surface area contributed by atoms with Gasteiger partial charge in [-0.15, -0.1) is 0 Å². The largest absolute Gasteiger partial charge is 0.493 e. The third-order valence-corrected chi connectivity index (χ3v) is 5.43. The summed E-state index contributed by atoms with van der Waals surface area (Å²) in [6, 6.07) is 5.20. The number of carbonyl (C=O) groups excluding carboxylic acids is 2. The van der Waals surface area contributed by atoms with Crippen LogP contribution >= 0.6 is 0 Å². The van der Waals surface area contributed by atoms with Gasteiger partial charge in [-0.25, -0.2) is 0 Å². The summed E-state index contributed by atoms with van der Waals surface area (Å²) in [5.74, 6) is 0.443. The molecule has 1 N–H and O–H groups in total. The lowest BCUT2D eigenvalue weighted by molar-refractivity contribution is -0.138. The predicted molar refractivity (Wildman–Crippen MR) is 106 cm³/mol. The molecule has 2 aliphatic heterocycles. The number of aliphatic hydroxyl groups excluding tert-OH is 1. The summed E-state index contributed by atoms with van der Waals surface area (Å²) in [4.78, 5) is 29.6. The van der Waals surface area contributed by atoms with Crippen LogP contribution < -0.4 is 9.47 Å². The van der Waals surface area contributed by atoms with Gasteiger partial charge in [0.1, 0.15) is 5.70 Å². The summed E-state index contributed by atoms with van der Waals surface area (Å²) in [7, 11) is 4.60. The molecule has 1 aromatic carbocycles. The van der Waals surface area contributed by atoms with Crippen LogP contribution in [0, 0.1) is 5.92 Å². The van der Waals surface area contributed by atoms with Crippen molar-refractivity contribution in [3.05, 3.63) is 29.5 Å². The quantitative estimate of drug-likeness (QED) is 0.650. The van der Waals surface area contributed by atoms with Gasteiger partial charge in [0.15, 0.2) is 11.5 Å². The van der Waals surface area contributed by atoms with Gasteiger partial charge < -0.3 is 24.2 Å². The van der Waals surface area contributed by atoms with Crippen LogP contribution in [0.25, 0.3) is 5.57 Å². The molecule has 8 heteroatoms. The molecular formula is C21H28N2O6. The molecule has 1 unspecified atom stereocenters. The summed E-state index contributed by atoms with van der Waals surface area (Å²) >= 11 is 0. The number of nitrogens with zero attached hydrogens (tertiary/aromatic N) is 2. The number of benzene rings is 1. The van der Waals surface area contributed by atoms with Gasteiger partial charge in [0.2, 0.25) is 0 Å². The third-order valence-electron chi connectivity index (χ3n) is 5.43. The minimum absolute atomic E-state index is 0.0605. The van der Waals surface area contributed by atoms with Crippen LogP contribution in [-0.2, 0) is 14.3 Å². The number of rotatable bonds is 8. The first-order valence-electron chi connectivity index (χ1n) is 9.73. The standard InChI is InChI=1S/C21H28N2O6/c1-27-10-9-23-20(25)18(15-6-7-16(28-2)17(11-15)29-3)19(21(23)26)22-8-4-5-14(12-22)13-24/h6-7,11,14,24H,4-5,8-10,12-13H2,1-3H3. The Morgan fingerprint density at radius 1 is 1.10 bits per heavy atom. The van der Waals surface area contributed by atoms with Crippen LogP contribution in [0.15, 0.2) is 23.9 Å². The number of hydrogen-bond donors (Lipinski definition) is 1. The molecule has 1 fully saturated rings. The molecule has 1 saturated heterocycles. The molecule has 0 saturated carbocycles. The van der Waals surface area contributed by atoms with Gasteiger partial charge >= 0.3 is 0 Å². The number of likely N-dealkylation sites (tertiary alicyclic amines) is 1. The number of piperidine rings is 1. The van der Waals surface area contributed by atoms with Crippen molar-refractivity contribution in [2.45, 2.75) is 12.8 Å². The van der Waals surface area contributed by atoms with Crippen LogP contribution in [0.1, 0.15) is 18.4 Å². The molecule has 0 aromatic heterocycles. The van der Waals surface area contributed by atoms with Gasteiger partial charge in [0.05, 0.1) is 32.9 Å². The van der Waals surface area contributed by atoms with E-state index in [1.165, 1.54) is 19.1 Å². The van der Waals surface area contributed by atoms with Crippen molar-refractivity contribution < 1.29 is 28.9 Å². The molecule has 1 atom stereocenters. The lowest BCUT2D eigenvalue weighted by Gasteiger charge is -2.34. The number of ether oxygens (including phenoxy) is 3. The highest BCUT2D eigenvalue weighted by Gasteiger charge is 2.42. The van der Waals surface area contributed by atoms with Crippen molar-refractivity contribution in [3.8, 4) is 11.5 Å². The van der Waals surface area contributed by atoms with Crippen LogP contribution in [0.4, 0.5) is 0 Å². The normalized spacial score (nSPS) is 19.9. The maximum absolute atomic E-state index is 13.2. The minimum Gasteiger partial charge on any atom is -0.493 e. The number of carbonyl (C=O) groups is 2. The highest BCUT2D eigenvalue weighted by atomic mass is 16.5.